The van der Waals surface area contributed by atoms with Crippen LogP contribution < -0.4 is 10.1 Å². The molecule has 1 heterocycles. The third kappa shape index (κ3) is 2.15. The minimum Gasteiger partial charge on any atom is -0.496 e. The van der Waals surface area contributed by atoms with Gasteiger partial charge in [0.2, 0.25) is 0 Å². The molecule has 2 heteroatoms. The van der Waals surface area contributed by atoms with Gasteiger partial charge in [0, 0.05) is 0 Å². The first-order chi connectivity index (χ1) is 7.33. The number of para-hydroxylation sites is 1. The lowest BCUT2D eigenvalue weighted by Gasteiger charge is -2.25. The predicted molar refractivity (Wildman–Crippen MR) is 62.6 cm³/mol. The number of piperidine rings is 1. The van der Waals surface area contributed by atoms with Crippen molar-refractivity contribution in [1.29, 1.82) is 0 Å². The summed E-state index contributed by atoms with van der Waals surface area (Å²) in [6.45, 7) is 4.37. The highest BCUT2D eigenvalue weighted by molar-refractivity contribution is 5.43. The van der Waals surface area contributed by atoms with Gasteiger partial charge >= 0.3 is 0 Å². The van der Waals surface area contributed by atoms with E-state index < -0.39 is 0 Å². The fourth-order valence-electron chi connectivity index (χ4n) is 2.41. The van der Waals surface area contributed by atoms with Crippen molar-refractivity contribution in [3.63, 3.8) is 0 Å². The smallest absolute Gasteiger partial charge is 0.125 e. The topological polar surface area (TPSA) is 21.3 Å². The maximum Gasteiger partial charge on any atom is 0.125 e. The second-order valence-corrected chi connectivity index (χ2v) is 4.22. The molecule has 0 aliphatic carbocycles. The molecule has 1 aromatic rings. The Morgan fingerprint density at radius 2 is 2.00 bits per heavy atom. The summed E-state index contributed by atoms with van der Waals surface area (Å²) in [7, 11) is 1.77. The van der Waals surface area contributed by atoms with Gasteiger partial charge in [-0.3, -0.25) is 0 Å². The van der Waals surface area contributed by atoms with Crippen molar-refractivity contribution >= 4 is 0 Å². The van der Waals surface area contributed by atoms with Crippen molar-refractivity contribution in [3.05, 3.63) is 29.3 Å². The van der Waals surface area contributed by atoms with Gasteiger partial charge in [-0.05, 0) is 49.9 Å². The van der Waals surface area contributed by atoms with Gasteiger partial charge in [-0.2, -0.15) is 0 Å². The van der Waals surface area contributed by atoms with E-state index in [0.29, 0.717) is 5.92 Å². The average Bonchev–Trinajstić information content (AvgIpc) is 2.30. The summed E-state index contributed by atoms with van der Waals surface area (Å²) in [5.74, 6) is 1.76. The zero-order valence-electron chi connectivity index (χ0n) is 9.55. The van der Waals surface area contributed by atoms with E-state index in [0.717, 1.165) is 18.8 Å². The first-order valence-corrected chi connectivity index (χ1v) is 5.67. The molecule has 0 unspecified atom stereocenters. The monoisotopic (exact) mass is 205 g/mol. The van der Waals surface area contributed by atoms with E-state index in [2.05, 4.69) is 30.4 Å². The molecule has 82 valence electrons. The van der Waals surface area contributed by atoms with Crippen LogP contribution in [0.25, 0.3) is 0 Å². The van der Waals surface area contributed by atoms with Crippen LogP contribution >= 0.6 is 0 Å². The second-order valence-electron chi connectivity index (χ2n) is 4.22. The SMILES string of the molecule is COc1c(C)cccc1C1CCNCC1. The highest BCUT2D eigenvalue weighted by Crippen LogP contribution is 2.34. The summed E-state index contributed by atoms with van der Waals surface area (Å²) < 4.78 is 5.51. The van der Waals surface area contributed by atoms with Crippen LogP contribution in [0.4, 0.5) is 0 Å². The zero-order chi connectivity index (χ0) is 10.7. The predicted octanol–water partition coefficient (Wildman–Crippen LogP) is 2.47. The summed E-state index contributed by atoms with van der Waals surface area (Å²) in [6, 6.07) is 6.46. The molecule has 1 aliphatic rings. The van der Waals surface area contributed by atoms with Crippen molar-refractivity contribution < 1.29 is 4.74 Å². The Kier molecular flexibility index (Phi) is 3.27. The molecule has 0 radical (unpaired) electrons. The molecule has 0 spiro atoms. The molecular formula is C13H19NO. The lowest BCUT2D eigenvalue weighted by molar-refractivity contribution is 0.389. The Morgan fingerprint density at radius 3 is 2.67 bits per heavy atom. The van der Waals surface area contributed by atoms with Crippen LogP contribution in [0.5, 0.6) is 5.75 Å². The Hall–Kier alpha value is -1.02. The van der Waals surface area contributed by atoms with Gasteiger partial charge in [0.05, 0.1) is 7.11 Å². The van der Waals surface area contributed by atoms with Gasteiger partial charge in [-0.25, -0.2) is 0 Å². The summed E-state index contributed by atoms with van der Waals surface area (Å²) in [5, 5.41) is 3.40. The quantitative estimate of drug-likeness (QED) is 0.801. The molecule has 0 atom stereocenters. The van der Waals surface area contributed by atoms with Gasteiger partial charge in [-0.1, -0.05) is 18.2 Å². The third-order valence-corrected chi connectivity index (χ3v) is 3.23. The number of rotatable bonds is 2. The summed E-state index contributed by atoms with van der Waals surface area (Å²) in [6.07, 6.45) is 2.44. The molecule has 0 aromatic heterocycles. The molecule has 0 saturated carbocycles. The lowest BCUT2D eigenvalue weighted by atomic mass is 9.88. The normalized spacial score (nSPS) is 17.7. The Balaban J connectivity index is 2.29. The highest BCUT2D eigenvalue weighted by Gasteiger charge is 2.19. The fraction of sp³-hybridized carbons (Fsp3) is 0.538. The Morgan fingerprint density at radius 1 is 1.27 bits per heavy atom. The van der Waals surface area contributed by atoms with E-state index in [-0.39, 0.29) is 0 Å². The zero-order valence-corrected chi connectivity index (χ0v) is 9.55. The number of aryl methyl sites for hydroxylation is 1. The summed E-state index contributed by atoms with van der Waals surface area (Å²) >= 11 is 0. The van der Waals surface area contributed by atoms with Crippen LogP contribution in [0, 0.1) is 6.92 Å². The number of ether oxygens (including phenoxy) is 1. The highest BCUT2D eigenvalue weighted by atomic mass is 16.5. The molecule has 1 aliphatic heterocycles. The van der Waals surface area contributed by atoms with Crippen LogP contribution in [-0.2, 0) is 0 Å². The van der Waals surface area contributed by atoms with Crippen LogP contribution in [0.15, 0.2) is 18.2 Å². The Labute approximate surface area is 91.6 Å². The van der Waals surface area contributed by atoms with Crippen LogP contribution in [0.3, 0.4) is 0 Å². The molecule has 1 saturated heterocycles. The van der Waals surface area contributed by atoms with Crippen LogP contribution in [0.2, 0.25) is 0 Å². The van der Waals surface area contributed by atoms with E-state index in [4.69, 9.17) is 4.74 Å². The van der Waals surface area contributed by atoms with Crippen LogP contribution in [-0.4, -0.2) is 20.2 Å². The second kappa shape index (κ2) is 4.67. The number of hydrogen-bond donors (Lipinski definition) is 1. The maximum absolute atomic E-state index is 5.51. The average molecular weight is 205 g/mol. The number of nitrogens with one attached hydrogen (secondary N) is 1. The van der Waals surface area contributed by atoms with Gasteiger partial charge in [0.25, 0.3) is 0 Å². The van der Waals surface area contributed by atoms with E-state index in [1.807, 2.05) is 0 Å². The van der Waals surface area contributed by atoms with Gasteiger partial charge in [0.15, 0.2) is 0 Å². The van der Waals surface area contributed by atoms with E-state index in [1.165, 1.54) is 24.0 Å². The molecule has 1 aromatic carbocycles. The first-order valence-electron chi connectivity index (χ1n) is 5.67. The van der Waals surface area contributed by atoms with Gasteiger partial charge < -0.3 is 10.1 Å². The molecule has 15 heavy (non-hydrogen) atoms. The number of hydrogen-bond acceptors (Lipinski definition) is 2. The number of methoxy groups -OCH3 is 1. The largest absolute Gasteiger partial charge is 0.496 e. The third-order valence-electron chi connectivity index (χ3n) is 3.23. The van der Waals surface area contributed by atoms with Crippen LogP contribution in [0.1, 0.15) is 29.9 Å². The molecule has 2 rings (SSSR count). The summed E-state index contributed by atoms with van der Waals surface area (Å²) in [4.78, 5) is 0. The van der Waals surface area contributed by atoms with Crippen molar-refractivity contribution in [1.82, 2.24) is 5.32 Å². The summed E-state index contributed by atoms with van der Waals surface area (Å²) in [5.41, 5.74) is 2.63. The van der Waals surface area contributed by atoms with Crippen molar-refractivity contribution in [2.75, 3.05) is 20.2 Å². The molecule has 0 amide bonds. The van der Waals surface area contributed by atoms with E-state index in [9.17, 15) is 0 Å². The van der Waals surface area contributed by atoms with Gasteiger partial charge in [0.1, 0.15) is 5.75 Å². The molecular weight excluding hydrogens is 186 g/mol. The maximum atomic E-state index is 5.51. The molecule has 2 nitrogen and oxygen atoms in total. The lowest BCUT2D eigenvalue weighted by Crippen LogP contribution is -2.26. The van der Waals surface area contributed by atoms with Gasteiger partial charge in [-0.15, -0.1) is 0 Å². The van der Waals surface area contributed by atoms with E-state index in [1.54, 1.807) is 7.11 Å². The van der Waals surface area contributed by atoms with Crippen molar-refractivity contribution in [2.24, 2.45) is 0 Å². The van der Waals surface area contributed by atoms with E-state index >= 15 is 0 Å². The fourth-order valence-corrected chi connectivity index (χ4v) is 2.41. The number of benzene rings is 1. The first kappa shape index (κ1) is 10.5. The minimum atomic E-state index is 0.668. The van der Waals surface area contributed by atoms with Crippen molar-refractivity contribution in [2.45, 2.75) is 25.7 Å². The molecule has 0 bridgehead atoms. The Bertz CT molecular complexity index is 329. The molecule has 1 N–H and O–H groups in total. The van der Waals surface area contributed by atoms with Crippen molar-refractivity contribution in [3.8, 4) is 5.75 Å². The minimum absolute atomic E-state index is 0.668. The standard InChI is InChI=1S/C13H19NO/c1-10-4-3-5-12(13(10)15-2)11-6-8-14-9-7-11/h3-5,11,14H,6-9H2,1-2H3. The molecule has 1 fully saturated rings.